The van der Waals surface area contributed by atoms with Crippen molar-refractivity contribution in [3.63, 3.8) is 0 Å². The Hall–Kier alpha value is 0. The molecule has 0 N–H and O–H groups in total. The Morgan fingerprint density at radius 2 is 1.17 bits per heavy atom. The van der Waals surface area contributed by atoms with Gasteiger partial charge in [0.25, 0.3) is 0 Å². The summed E-state index contributed by atoms with van der Waals surface area (Å²) in [6.45, 7) is 11.2. The van der Waals surface area contributed by atoms with Crippen molar-refractivity contribution in [2.75, 3.05) is 0 Å². The third-order valence-corrected chi connectivity index (χ3v) is 2.34. The van der Waals surface area contributed by atoms with Gasteiger partial charge in [-0.25, -0.2) is 0 Å². The molecule has 1 rings (SSSR count). The summed E-state index contributed by atoms with van der Waals surface area (Å²) in [5.74, 6) is 2.84. The fourth-order valence-corrected chi connectivity index (χ4v) is 1.62. The van der Waals surface area contributed by atoms with Gasteiger partial charge in [-0.1, -0.05) is 60.3 Å². The van der Waals surface area contributed by atoms with Crippen LogP contribution in [0.5, 0.6) is 0 Å². The topological polar surface area (TPSA) is 0 Å². The zero-order chi connectivity index (χ0) is 9.56. The van der Waals surface area contributed by atoms with E-state index in [2.05, 4.69) is 34.6 Å². The van der Waals surface area contributed by atoms with Gasteiger partial charge in [0.05, 0.1) is 0 Å². The summed E-state index contributed by atoms with van der Waals surface area (Å²) in [5.41, 5.74) is 0. The molecule has 0 heteroatoms. The average Bonchev–Trinajstić information content (AvgIpc) is 2.34. The predicted octanol–water partition coefficient (Wildman–Crippen LogP) is 4.49. The summed E-state index contributed by atoms with van der Waals surface area (Å²) < 4.78 is 0. The Kier molecular flexibility index (Phi) is 6.51. The lowest BCUT2D eigenvalue weighted by Crippen LogP contribution is -2.01. The van der Waals surface area contributed by atoms with Crippen LogP contribution in [-0.2, 0) is 0 Å². The van der Waals surface area contributed by atoms with Crippen molar-refractivity contribution >= 4 is 0 Å². The summed E-state index contributed by atoms with van der Waals surface area (Å²) in [6.07, 6.45) is 5.97. The molecule has 1 aliphatic rings. The maximum atomic E-state index is 2.34. The summed E-state index contributed by atoms with van der Waals surface area (Å²) in [6, 6.07) is 0. The average molecular weight is 170 g/mol. The van der Waals surface area contributed by atoms with E-state index in [0.717, 1.165) is 17.8 Å². The van der Waals surface area contributed by atoms with Crippen LogP contribution in [0.25, 0.3) is 0 Å². The van der Waals surface area contributed by atoms with Crippen molar-refractivity contribution in [3.8, 4) is 0 Å². The Morgan fingerprint density at radius 1 is 0.833 bits per heavy atom. The van der Waals surface area contributed by atoms with Crippen LogP contribution in [0.15, 0.2) is 0 Å². The van der Waals surface area contributed by atoms with Gasteiger partial charge in [-0.3, -0.25) is 0 Å². The van der Waals surface area contributed by atoms with Gasteiger partial charge in [0.15, 0.2) is 0 Å². The van der Waals surface area contributed by atoms with Crippen molar-refractivity contribution in [3.05, 3.63) is 0 Å². The molecule has 0 aromatic carbocycles. The van der Waals surface area contributed by atoms with Crippen LogP contribution < -0.4 is 0 Å². The third kappa shape index (κ3) is 6.69. The van der Waals surface area contributed by atoms with E-state index in [0.29, 0.717) is 0 Å². The molecular formula is C12H26. The molecule has 12 heavy (non-hydrogen) atoms. The fourth-order valence-electron chi connectivity index (χ4n) is 1.62. The number of hydrogen-bond acceptors (Lipinski definition) is 0. The molecule has 0 bridgehead atoms. The van der Waals surface area contributed by atoms with Gasteiger partial charge in [0.2, 0.25) is 0 Å². The molecule has 0 unspecified atom stereocenters. The van der Waals surface area contributed by atoms with Crippen molar-refractivity contribution in [2.45, 2.75) is 60.3 Å². The fraction of sp³-hybridized carbons (Fsp3) is 1.00. The van der Waals surface area contributed by atoms with E-state index >= 15 is 0 Å². The predicted molar refractivity (Wildman–Crippen MR) is 57.3 cm³/mol. The quantitative estimate of drug-likeness (QED) is 0.543. The van der Waals surface area contributed by atoms with E-state index < -0.39 is 0 Å². The third-order valence-electron chi connectivity index (χ3n) is 2.34. The SMILES string of the molecule is CC(C)C.CC(C)C1CCCC1. The van der Waals surface area contributed by atoms with E-state index in [1.165, 1.54) is 25.7 Å². The highest BCUT2D eigenvalue weighted by Gasteiger charge is 2.17. The van der Waals surface area contributed by atoms with Gasteiger partial charge in [-0.2, -0.15) is 0 Å². The minimum absolute atomic E-state index is 0.833. The summed E-state index contributed by atoms with van der Waals surface area (Å²) in [4.78, 5) is 0. The van der Waals surface area contributed by atoms with Gasteiger partial charge in [0.1, 0.15) is 0 Å². The van der Waals surface area contributed by atoms with Crippen LogP contribution in [-0.4, -0.2) is 0 Å². The summed E-state index contributed by atoms with van der Waals surface area (Å²) >= 11 is 0. The van der Waals surface area contributed by atoms with Gasteiger partial charge in [-0.05, 0) is 17.8 Å². The van der Waals surface area contributed by atoms with E-state index in [9.17, 15) is 0 Å². The second-order valence-electron chi connectivity index (χ2n) is 5.02. The van der Waals surface area contributed by atoms with E-state index in [1.807, 2.05) is 0 Å². The minimum Gasteiger partial charge on any atom is -0.0630 e. The van der Waals surface area contributed by atoms with Crippen LogP contribution in [0.4, 0.5) is 0 Å². The standard InChI is InChI=1S/C8H16.C4H10/c1-7(2)8-5-3-4-6-8;1-4(2)3/h7-8H,3-6H2,1-2H3;4H,1-3H3. The van der Waals surface area contributed by atoms with E-state index in [1.54, 1.807) is 0 Å². The van der Waals surface area contributed by atoms with Crippen molar-refractivity contribution in [1.82, 2.24) is 0 Å². The first kappa shape index (κ1) is 12.0. The molecular weight excluding hydrogens is 144 g/mol. The lowest BCUT2D eigenvalue weighted by atomic mass is 9.95. The monoisotopic (exact) mass is 170 g/mol. The molecule has 0 aromatic rings. The van der Waals surface area contributed by atoms with Crippen molar-refractivity contribution < 1.29 is 0 Å². The Morgan fingerprint density at radius 3 is 1.33 bits per heavy atom. The first-order chi connectivity index (χ1) is 5.54. The van der Waals surface area contributed by atoms with Crippen LogP contribution in [0.3, 0.4) is 0 Å². The molecule has 0 radical (unpaired) electrons. The molecule has 1 fully saturated rings. The molecule has 1 saturated carbocycles. The molecule has 1 aliphatic carbocycles. The van der Waals surface area contributed by atoms with Crippen molar-refractivity contribution in [1.29, 1.82) is 0 Å². The molecule has 0 heterocycles. The van der Waals surface area contributed by atoms with E-state index in [-0.39, 0.29) is 0 Å². The maximum Gasteiger partial charge on any atom is -0.0391 e. The molecule has 0 spiro atoms. The molecule has 0 atom stereocenters. The second kappa shape index (κ2) is 6.51. The van der Waals surface area contributed by atoms with Crippen LogP contribution in [0.2, 0.25) is 0 Å². The van der Waals surface area contributed by atoms with Gasteiger partial charge in [0, 0.05) is 0 Å². The molecule has 0 nitrogen and oxygen atoms in total. The van der Waals surface area contributed by atoms with Gasteiger partial charge >= 0.3 is 0 Å². The zero-order valence-electron chi connectivity index (χ0n) is 9.56. The first-order valence-electron chi connectivity index (χ1n) is 5.54. The Labute approximate surface area is 78.8 Å². The Balaban J connectivity index is 0.000000261. The van der Waals surface area contributed by atoms with Crippen LogP contribution in [0.1, 0.15) is 60.3 Å². The first-order valence-corrected chi connectivity index (χ1v) is 5.54. The zero-order valence-corrected chi connectivity index (χ0v) is 9.56. The van der Waals surface area contributed by atoms with Gasteiger partial charge in [-0.15, -0.1) is 0 Å². The molecule has 74 valence electrons. The molecule has 0 saturated heterocycles. The molecule has 0 amide bonds. The lowest BCUT2D eigenvalue weighted by Gasteiger charge is -2.11. The smallest absolute Gasteiger partial charge is 0.0391 e. The van der Waals surface area contributed by atoms with Crippen LogP contribution in [0, 0.1) is 17.8 Å². The van der Waals surface area contributed by atoms with E-state index in [4.69, 9.17) is 0 Å². The second-order valence-corrected chi connectivity index (χ2v) is 5.02. The summed E-state index contributed by atoms with van der Waals surface area (Å²) in [5, 5.41) is 0. The molecule has 0 aromatic heterocycles. The minimum atomic E-state index is 0.833. The maximum absolute atomic E-state index is 2.34. The summed E-state index contributed by atoms with van der Waals surface area (Å²) in [7, 11) is 0. The van der Waals surface area contributed by atoms with Crippen molar-refractivity contribution in [2.24, 2.45) is 17.8 Å². The Bertz CT molecular complexity index is 83.5. The largest absolute Gasteiger partial charge is 0.0630 e. The molecule has 0 aliphatic heterocycles. The number of hydrogen-bond donors (Lipinski definition) is 0. The highest BCUT2D eigenvalue weighted by atomic mass is 14.2. The highest BCUT2D eigenvalue weighted by molar-refractivity contribution is 4.69. The van der Waals surface area contributed by atoms with Crippen LogP contribution >= 0.6 is 0 Å². The normalized spacial score (nSPS) is 18.2. The number of rotatable bonds is 1. The highest BCUT2D eigenvalue weighted by Crippen LogP contribution is 2.30. The van der Waals surface area contributed by atoms with Gasteiger partial charge < -0.3 is 0 Å². The lowest BCUT2D eigenvalue weighted by molar-refractivity contribution is 0.396.